The molecular formula is C16H22N2OS. The molecule has 0 aliphatic carbocycles. The number of rotatable bonds is 1. The maximum Gasteiger partial charge on any atom is 0.255 e. The molecule has 2 saturated heterocycles. The lowest BCUT2D eigenvalue weighted by Gasteiger charge is -2.47. The molecule has 2 fully saturated rings. The van der Waals surface area contributed by atoms with Gasteiger partial charge in [-0.15, -0.1) is 12.6 Å². The van der Waals surface area contributed by atoms with E-state index in [1.165, 1.54) is 25.8 Å². The molecule has 0 saturated carbocycles. The molecule has 4 heteroatoms. The maximum absolute atomic E-state index is 12.8. The van der Waals surface area contributed by atoms with Crippen LogP contribution in [0.15, 0.2) is 29.2 Å². The Labute approximate surface area is 126 Å². The quantitative estimate of drug-likeness (QED) is 0.804. The summed E-state index contributed by atoms with van der Waals surface area (Å²) in [6.07, 6.45) is 3.82. The van der Waals surface area contributed by atoms with Crippen molar-refractivity contribution in [3.8, 4) is 0 Å². The summed E-state index contributed by atoms with van der Waals surface area (Å²) < 4.78 is 0. The summed E-state index contributed by atoms with van der Waals surface area (Å²) >= 11 is 4.42. The summed E-state index contributed by atoms with van der Waals surface area (Å²) in [5.74, 6) is 0.133. The number of piperidine rings is 1. The van der Waals surface area contributed by atoms with Gasteiger partial charge in [0.05, 0.1) is 5.56 Å². The van der Waals surface area contributed by atoms with Gasteiger partial charge in [-0.05, 0) is 38.4 Å². The van der Waals surface area contributed by atoms with Crippen LogP contribution >= 0.6 is 12.6 Å². The SMILES string of the molecule is CC1CN2CCCCC2CN1C(=O)c1ccccc1S. The van der Waals surface area contributed by atoms with Crippen molar-refractivity contribution < 1.29 is 4.79 Å². The predicted molar refractivity (Wildman–Crippen MR) is 83.4 cm³/mol. The zero-order valence-corrected chi connectivity index (χ0v) is 12.9. The van der Waals surface area contributed by atoms with Crippen LogP contribution in [0.5, 0.6) is 0 Å². The summed E-state index contributed by atoms with van der Waals surface area (Å²) in [5.41, 5.74) is 0.729. The van der Waals surface area contributed by atoms with Crippen LogP contribution in [-0.2, 0) is 0 Å². The summed E-state index contributed by atoms with van der Waals surface area (Å²) in [6, 6.07) is 8.43. The third-order valence-corrected chi connectivity index (χ3v) is 4.97. The molecule has 20 heavy (non-hydrogen) atoms. The van der Waals surface area contributed by atoms with Crippen molar-refractivity contribution in [3.05, 3.63) is 29.8 Å². The highest BCUT2D eigenvalue weighted by molar-refractivity contribution is 7.80. The van der Waals surface area contributed by atoms with Gasteiger partial charge in [0.15, 0.2) is 0 Å². The van der Waals surface area contributed by atoms with Crippen molar-refractivity contribution in [2.75, 3.05) is 19.6 Å². The van der Waals surface area contributed by atoms with Gasteiger partial charge < -0.3 is 4.90 Å². The third kappa shape index (κ3) is 2.59. The molecule has 2 atom stereocenters. The molecule has 3 nitrogen and oxygen atoms in total. The number of hydrogen-bond donors (Lipinski definition) is 1. The second-order valence-electron chi connectivity index (χ2n) is 5.97. The molecule has 1 aromatic carbocycles. The predicted octanol–water partition coefficient (Wildman–Crippen LogP) is 2.67. The van der Waals surface area contributed by atoms with Gasteiger partial charge in [-0.1, -0.05) is 18.6 Å². The number of thiol groups is 1. The molecule has 0 aromatic heterocycles. The van der Waals surface area contributed by atoms with Crippen LogP contribution < -0.4 is 0 Å². The summed E-state index contributed by atoms with van der Waals surface area (Å²) in [4.78, 5) is 18.1. The number of carbonyl (C=O) groups excluding carboxylic acids is 1. The van der Waals surface area contributed by atoms with E-state index in [0.717, 1.165) is 23.5 Å². The Bertz CT molecular complexity index is 505. The van der Waals surface area contributed by atoms with E-state index >= 15 is 0 Å². The molecule has 0 spiro atoms. The van der Waals surface area contributed by atoms with Crippen LogP contribution in [0.25, 0.3) is 0 Å². The monoisotopic (exact) mass is 290 g/mol. The van der Waals surface area contributed by atoms with Crippen molar-refractivity contribution >= 4 is 18.5 Å². The van der Waals surface area contributed by atoms with E-state index in [9.17, 15) is 4.79 Å². The number of fused-ring (bicyclic) bond motifs is 1. The van der Waals surface area contributed by atoms with Crippen LogP contribution in [-0.4, -0.2) is 47.4 Å². The lowest BCUT2D eigenvalue weighted by Crippen LogP contribution is -2.60. The molecule has 2 unspecified atom stereocenters. The second kappa shape index (κ2) is 5.78. The van der Waals surface area contributed by atoms with Gasteiger partial charge in [-0.2, -0.15) is 0 Å². The Morgan fingerprint density at radius 1 is 1.25 bits per heavy atom. The molecule has 2 aliphatic heterocycles. The Balaban J connectivity index is 1.79. The highest BCUT2D eigenvalue weighted by Gasteiger charge is 2.35. The minimum Gasteiger partial charge on any atom is -0.333 e. The number of benzene rings is 1. The minimum atomic E-state index is 0.133. The van der Waals surface area contributed by atoms with Crippen molar-refractivity contribution in [2.45, 2.75) is 43.2 Å². The molecule has 2 aliphatic rings. The lowest BCUT2D eigenvalue weighted by molar-refractivity contribution is 0.0149. The van der Waals surface area contributed by atoms with E-state index in [0.29, 0.717) is 6.04 Å². The van der Waals surface area contributed by atoms with Crippen LogP contribution in [0.2, 0.25) is 0 Å². The van der Waals surface area contributed by atoms with Crippen LogP contribution in [0.4, 0.5) is 0 Å². The van der Waals surface area contributed by atoms with Gasteiger partial charge in [0.2, 0.25) is 0 Å². The number of hydrogen-bond acceptors (Lipinski definition) is 3. The number of carbonyl (C=O) groups is 1. The molecule has 0 radical (unpaired) electrons. The third-order valence-electron chi connectivity index (χ3n) is 4.58. The van der Waals surface area contributed by atoms with Crippen molar-refractivity contribution in [2.24, 2.45) is 0 Å². The topological polar surface area (TPSA) is 23.6 Å². The molecular weight excluding hydrogens is 268 g/mol. The molecule has 1 aromatic rings. The Morgan fingerprint density at radius 3 is 2.85 bits per heavy atom. The summed E-state index contributed by atoms with van der Waals surface area (Å²) in [7, 11) is 0. The average molecular weight is 290 g/mol. The first-order chi connectivity index (χ1) is 9.66. The van der Waals surface area contributed by atoms with E-state index in [1.807, 2.05) is 29.2 Å². The zero-order chi connectivity index (χ0) is 14.1. The Kier molecular flexibility index (Phi) is 4.03. The van der Waals surface area contributed by atoms with Crippen molar-refractivity contribution in [1.29, 1.82) is 0 Å². The molecule has 3 rings (SSSR count). The van der Waals surface area contributed by atoms with Crippen LogP contribution in [0, 0.1) is 0 Å². The highest BCUT2D eigenvalue weighted by Crippen LogP contribution is 2.26. The molecule has 1 amide bonds. The zero-order valence-electron chi connectivity index (χ0n) is 12.0. The fourth-order valence-corrected chi connectivity index (χ4v) is 3.70. The van der Waals surface area contributed by atoms with Gasteiger partial charge in [-0.25, -0.2) is 0 Å². The largest absolute Gasteiger partial charge is 0.333 e. The van der Waals surface area contributed by atoms with Gasteiger partial charge >= 0.3 is 0 Å². The molecule has 2 heterocycles. The summed E-state index contributed by atoms with van der Waals surface area (Å²) in [5, 5.41) is 0. The first kappa shape index (κ1) is 14.0. The van der Waals surface area contributed by atoms with Crippen molar-refractivity contribution in [3.63, 3.8) is 0 Å². The molecule has 108 valence electrons. The number of amides is 1. The van der Waals surface area contributed by atoms with Gasteiger partial charge in [0.25, 0.3) is 5.91 Å². The van der Waals surface area contributed by atoms with E-state index in [2.05, 4.69) is 24.5 Å². The van der Waals surface area contributed by atoms with Gasteiger partial charge in [0, 0.05) is 30.1 Å². The fraction of sp³-hybridized carbons (Fsp3) is 0.562. The first-order valence-electron chi connectivity index (χ1n) is 7.50. The van der Waals surface area contributed by atoms with E-state index < -0.39 is 0 Å². The molecule has 0 N–H and O–H groups in total. The van der Waals surface area contributed by atoms with E-state index in [1.54, 1.807) is 0 Å². The molecule has 0 bridgehead atoms. The smallest absolute Gasteiger partial charge is 0.255 e. The number of piperazine rings is 1. The van der Waals surface area contributed by atoms with E-state index in [-0.39, 0.29) is 11.9 Å². The van der Waals surface area contributed by atoms with Crippen molar-refractivity contribution in [1.82, 2.24) is 9.80 Å². The standard InChI is InChI=1S/C16H22N2OS/c1-12-10-17-9-5-4-6-13(17)11-18(12)16(19)14-7-2-3-8-15(14)20/h2-3,7-8,12-13,20H,4-6,9-11H2,1H3. The Morgan fingerprint density at radius 2 is 2.05 bits per heavy atom. The Hall–Kier alpha value is -1.00. The van der Waals surface area contributed by atoms with Gasteiger partial charge in [0.1, 0.15) is 0 Å². The minimum absolute atomic E-state index is 0.133. The summed E-state index contributed by atoms with van der Waals surface area (Å²) in [6.45, 7) is 5.22. The van der Waals surface area contributed by atoms with E-state index in [4.69, 9.17) is 0 Å². The van der Waals surface area contributed by atoms with Crippen LogP contribution in [0.1, 0.15) is 36.5 Å². The lowest BCUT2D eigenvalue weighted by atomic mass is 9.96. The maximum atomic E-state index is 12.8. The highest BCUT2D eigenvalue weighted by atomic mass is 32.1. The van der Waals surface area contributed by atoms with Gasteiger partial charge in [-0.3, -0.25) is 9.69 Å². The fourth-order valence-electron chi connectivity index (χ4n) is 3.44. The van der Waals surface area contributed by atoms with Crippen LogP contribution in [0.3, 0.4) is 0 Å². The first-order valence-corrected chi connectivity index (χ1v) is 7.94. The average Bonchev–Trinajstić information content (AvgIpc) is 2.46. The normalized spacial score (nSPS) is 27.2. The number of nitrogens with zero attached hydrogens (tertiary/aromatic N) is 2. The second-order valence-corrected chi connectivity index (χ2v) is 6.45.